The predicted molar refractivity (Wildman–Crippen MR) is 42.5 cm³/mol. The molecule has 0 amide bonds. The van der Waals surface area contributed by atoms with Crippen LogP contribution in [0.2, 0.25) is 0 Å². The van der Waals surface area contributed by atoms with Crippen molar-refractivity contribution in [2.75, 3.05) is 11.5 Å². The summed E-state index contributed by atoms with van der Waals surface area (Å²) in [6.45, 7) is 0. The van der Waals surface area contributed by atoms with E-state index >= 15 is 0 Å². The van der Waals surface area contributed by atoms with Crippen molar-refractivity contribution in [1.29, 1.82) is 0 Å². The Labute approximate surface area is 63.4 Å². The molecule has 0 aromatic heterocycles. The van der Waals surface area contributed by atoms with Crippen LogP contribution in [0.1, 0.15) is 0 Å². The fourth-order valence-electron chi connectivity index (χ4n) is 0.624. The lowest BCUT2D eigenvalue weighted by molar-refractivity contribution is 0.630. The lowest BCUT2D eigenvalue weighted by Crippen LogP contribution is -1.97. The minimum absolute atomic E-state index is 0.0159. The van der Waals surface area contributed by atoms with Crippen molar-refractivity contribution in [1.82, 2.24) is 0 Å². The number of benzene rings is 1. The van der Waals surface area contributed by atoms with Crippen LogP contribution in [0, 0.1) is 5.82 Å². The van der Waals surface area contributed by atoms with E-state index in [1.165, 1.54) is 12.1 Å². The van der Waals surface area contributed by atoms with Crippen LogP contribution >= 0.6 is 12.6 Å². The highest BCUT2D eigenvalue weighted by Gasteiger charge is 2.01. The number of anilines is 2. The Balaban J connectivity index is 3.31. The number of hydrogen-bond donors (Lipinski definition) is 3. The van der Waals surface area contributed by atoms with Gasteiger partial charge in [-0.25, -0.2) is 4.39 Å². The van der Waals surface area contributed by atoms with Crippen molar-refractivity contribution in [2.24, 2.45) is 0 Å². The number of halogens is 1. The first-order valence-electron chi connectivity index (χ1n) is 2.64. The van der Waals surface area contributed by atoms with Gasteiger partial charge in [0.2, 0.25) is 0 Å². The van der Waals surface area contributed by atoms with Crippen LogP contribution in [0.4, 0.5) is 15.8 Å². The van der Waals surface area contributed by atoms with Crippen molar-refractivity contribution < 1.29 is 4.39 Å². The summed E-state index contributed by atoms with van der Waals surface area (Å²) < 4.78 is 12.6. The summed E-state index contributed by atoms with van der Waals surface area (Å²) in [4.78, 5) is 0.476. The lowest BCUT2D eigenvalue weighted by atomic mass is 10.2. The Bertz CT molecular complexity index is 239. The maximum absolute atomic E-state index is 12.6. The third kappa shape index (κ3) is 1.16. The summed E-state index contributed by atoms with van der Waals surface area (Å²) in [6, 6.07) is 2.72. The molecule has 10 heavy (non-hydrogen) atoms. The molecule has 0 saturated carbocycles. The van der Waals surface area contributed by atoms with Gasteiger partial charge in [0.15, 0.2) is 0 Å². The van der Waals surface area contributed by atoms with Crippen molar-refractivity contribution in [3.63, 3.8) is 0 Å². The third-order valence-electron chi connectivity index (χ3n) is 1.15. The summed E-state index contributed by atoms with van der Waals surface area (Å²) in [7, 11) is 0. The molecular formula is C6H7FN2S. The SMILES string of the molecule is Nc1cc(S)cc(F)c1N. The van der Waals surface area contributed by atoms with Crippen LogP contribution in [0.3, 0.4) is 0 Å². The number of nitrogen functional groups attached to an aromatic ring is 2. The van der Waals surface area contributed by atoms with Gasteiger partial charge in [0.1, 0.15) is 5.82 Å². The summed E-state index contributed by atoms with van der Waals surface area (Å²) in [5.41, 5.74) is 10.7. The van der Waals surface area contributed by atoms with Gasteiger partial charge in [0, 0.05) is 4.90 Å². The molecule has 0 bridgehead atoms. The largest absolute Gasteiger partial charge is 0.397 e. The fourth-order valence-corrected chi connectivity index (χ4v) is 0.877. The Morgan fingerprint density at radius 3 is 2.40 bits per heavy atom. The highest BCUT2D eigenvalue weighted by atomic mass is 32.1. The van der Waals surface area contributed by atoms with Crippen molar-refractivity contribution >= 4 is 24.0 Å². The normalized spacial score (nSPS) is 9.80. The molecule has 0 atom stereocenters. The molecule has 0 radical (unpaired) electrons. The Morgan fingerprint density at radius 2 is 1.90 bits per heavy atom. The molecule has 0 aliphatic heterocycles. The molecule has 54 valence electrons. The van der Waals surface area contributed by atoms with Crippen molar-refractivity contribution in [3.05, 3.63) is 17.9 Å². The summed E-state index contributed by atoms with van der Waals surface area (Å²) in [5, 5.41) is 0. The average molecular weight is 158 g/mol. The van der Waals surface area contributed by atoms with Gasteiger partial charge in [0.05, 0.1) is 11.4 Å². The fraction of sp³-hybridized carbons (Fsp3) is 0. The van der Waals surface area contributed by atoms with Crippen LogP contribution < -0.4 is 11.5 Å². The molecule has 0 unspecified atom stereocenters. The molecule has 4 N–H and O–H groups in total. The summed E-state index contributed by atoms with van der Waals surface area (Å²) in [5.74, 6) is -0.523. The van der Waals surface area contributed by atoms with Gasteiger partial charge in [-0.15, -0.1) is 12.6 Å². The zero-order valence-corrected chi connectivity index (χ0v) is 6.03. The van der Waals surface area contributed by atoms with Gasteiger partial charge >= 0.3 is 0 Å². The zero-order valence-electron chi connectivity index (χ0n) is 5.13. The quantitative estimate of drug-likeness (QED) is 0.393. The van der Waals surface area contributed by atoms with E-state index in [1.807, 2.05) is 0 Å². The minimum Gasteiger partial charge on any atom is -0.397 e. The Kier molecular flexibility index (Phi) is 1.72. The molecule has 2 nitrogen and oxygen atoms in total. The zero-order chi connectivity index (χ0) is 7.72. The highest BCUT2D eigenvalue weighted by molar-refractivity contribution is 7.80. The van der Waals surface area contributed by atoms with Gasteiger partial charge in [-0.3, -0.25) is 0 Å². The second-order valence-corrected chi connectivity index (χ2v) is 2.45. The Hall–Kier alpha value is -0.900. The number of nitrogens with two attached hydrogens (primary N) is 2. The van der Waals surface area contributed by atoms with E-state index in [0.29, 0.717) is 4.90 Å². The van der Waals surface area contributed by atoms with E-state index in [4.69, 9.17) is 11.5 Å². The number of hydrogen-bond acceptors (Lipinski definition) is 3. The van der Waals surface area contributed by atoms with Crippen molar-refractivity contribution in [3.8, 4) is 0 Å². The molecule has 0 heterocycles. The summed E-state index contributed by atoms with van der Waals surface area (Å²) in [6.07, 6.45) is 0. The number of rotatable bonds is 0. The molecular weight excluding hydrogens is 151 g/mol. The van der Waals surface area contributed by atoms with E-state index in [2.05, 4.69) is 12.6 Å². The first-order valence-corrected chi connectivity index (χ1v) is 3.09. The van der Waals surface area contributed by atoms with Crippen LogP contribution in [0.15, 0.2) is 17.0 Å². The molecule has 0 spiro atoms. The topological polar surface area (TPSA) is 52.0 Å². The van der Waals surface area contributed by atoms with Crippen LogP contribution in [-0.2, 0) is 0 Å². The average Bonchev–Trinajstić information content (AvgIpc) is 1.82. The standard InChI is InChI=1S/C6H7FN2S/c7-4-1-3(10)2-5(8)6(4)9/h1-2,10H,8-9H2. The van der Waals surface area contributed by atoms with Crippen molar-refractivity contribution in [2.45, 2.75) is 4.90 Å². The van der Waals surface area contributed by atoms with Gasteiger partial charge in [-0.05, 0) is 12.1 Å². The molecule has 1 aromatic carbocycles. The van der Waals surface area contributed by atoms with E-state index in [-0.39, 0.29) is 11.4 Å². The smallest absolute Gasteiger partial charge is 0.149 e. The summed E-state index contributed by atoms with van der Waals surface area (Å²) >= 11 is 3.90. The maximum atomic E-state index is 12.6. The highest BCUT2D eigenvalue weighted by Crippen LogP contribution is 2.22. The monoisotopic (exact) mass is 158 g/mol. The van der Waals surface area contributed by atoms with Gasteiger partial charge in [-0.2, -0.15) is 0 Å². The van der Waals surface area contributed by atoms with E-state index in [1.54, 1.807) is 0 Å². The van der Waals surface area contributed by atoms with Gasteiger partial charge in [0.25, 0.3) is 0 Å². The molecule has 1 rings (SSSR count). The Morgan fingerprint density at radius 1 is 1.30 bits per heavy atom. The molecule has 0 aliphatic carbocycles. The predicted octanol–water partition coefficient (Wildman–Crippen LogP) is 1.28. The first-order chi connectivity index (χ1) is 4.61. The third-order valence-corrected chi connectivity index (χ3v) is 1.40. The van der Waals surface area contributed by atoms with E-state index in [9.17, 15) is 4.39 Å². The van der Waals surface area contributed by atoms with Crippen LogP contribution in [0.25, 0.3) is 0 Å². The molecule has 0 fully saturated rings. The van der Waals surface area contributed by atoms with E-state index < -0.39 is 5.82 Å². The van der Waals surface area contributed by atoms with Crippen LogP contribution in [-0.4, -0.2) is 0 Å². The molecule has 0 saturated heterocycles. The molecule has 1 aromatic rings. The first kappa shape index (κ1) is 7.21. The van der Waals surface area contributed by atoms with E-state index in [0.717, 1.165) is 0 Å². The second kappa shape index (κ2) is 2.38. The second-order valence-electron chi connectivity index (χ2n) is 1.93. The lowest BCUT2D eigenvalue weighted by Gasteiger charge is -2.00. The van der Waals surface area contributed by atoms with Gasteiger partial charge < -0.3 is 11.5 Å². The maximum Gasteiger partial charge on any atom is 0.149 e. The molecule has 0 aliphatic rings. The molecule has 4 heteroatoms. The van der Waals surface area contributed by atoms with Crippen LogP contribution in [0.5, 0.6) is 0 Å². The number of thiol groups is 1. The minimum atomic E-state index is -0.523. The van der Waals surface area contributed by atoms with Gasteiger partial charge in [-0.1, -0.05) is 0 Å².